The van der Waals surface area contributed by atoms with Crippen molar-refractivity contribution in [1.82, 2.24) is 0 Å². The van der Waals surface area contributed by atoms with Crippen LogP contribution < -0.4 is 5.73 Å². The van der Waals surface area contributed by atoms with Crippen LogP contribution in [-0.4, -0.2) is 33.9 Å². The minimum absolute atomic E-state index is 0.170. The molecule has 0 radical (unpaired) electrons. The van der Waals surface area contributed by atoms with Gasteiger partial charge >= 0.3 is 0 Å². The lowest BCUT2D eigenvalue weighted by Crippen LogP contribution is -2.28. The fourth-order valence-electron chi connectivity index (χ4n) is 3.74. The Bertz CT molecular complexity index is 849. The van der Waals surface area contributed by atoms with Gasteiger partial charge in [-0.2, -0.15) is 0 Å². The predicted octanol–water partition coefficient (Wildman–Crippen LogP) is 3.29. The Morgan fingerprint density at radius 2 is 1.72 bits per heavy atom. The summed E-state index contributed by atoms with van der Waals surface area (Å²) in [7, 11) is -1.92. The maximum Gasteiger partial charge on any atom is 0.182 e. The van der Waals surface area contributed by atoms with Crippen molar-refractivity contribution in [3.63, 3.8) is 0 Å². The Hall–Kier alpha value is -1.21. The van der Waals surface area contributed by atoms with Crippen molar-refractivity contribution in [2.75, 3.05) is 20.3 Å². The fourth-order valence-corrected chi connectivity index (χ4v) is 6.45. The van der Waals surface area contributed by atoms with Crippen LogP contribution in [0.25, 0.3) is 0 Å². The third kappa shape index (κ3) is 3.16. The van der Waals surface area contributed by atoms with E-state index in [-0.39, 0.29) is 12.5 Å². The lowest BCUT2D eigenvalue weighted by Gasteiger charge is -2.15. The molecule has 0 bridgehead atoms. The molecular weight excluding hydrogens is 402 g/mol. The molecular formula is C19H22BrNO3S. The molecule has 1 aliphatic rings. The van der Waals surface area contributed by atoms with Crippen molar-refractivity contribution in [1.29, 1.82) is 0 Å². The first kappa shape index (κ1) is 18.6. The Morgan fingerprint density at radius 1 is 1.12 bits per heavy atom. The summed E-state index contributed by atoms with van der Waals surface area (Å²) in [5.41, 5.74) is 7.46. The first-order chi connectivity index (χ1) is 11.9. The van der Waals surface area contributed by atoms with Crippen molar-refractivity contribution in [2.24, 2.45) is 11.1 Å². The summed E-state index contributed by atoms with van der Waals surface area (Å²) < 4.78 is 32.9. The van der Waals surface area contributed by atoms with Crippen molar-refractivity contribution in [3.8, 4) is 0 Å². The molecule has 0 aromatic heterocycles. The van der Waals surface area contributed by atoms with Crippen molar-refractivity contribution in [3.05, 3.63) is 64.1 Å². The Labute approximate surface area is 157 Å². The molecule has 134 valence electrons. The number of rotatable bonds is 6. The Morgan fingerprint density at radius 3 is 2.24 bits per heavy atom. The molecule has 1 aliphatic carbocycles. The van der Waals surface area contributed by atoms with E-state index in [9.17, 15) is 8.42 Å². The standard InChI is InChI=1S/C19H22BrNO3S/c1-13-3-9-16(10-4-13)25(22,23)18-17(19(18,11-21)12-24-2)14-5-7-15(20)8-6-14/h3-10,17-18H,11-12,21H2,1-2H3/t17-,18+,19+/m1/s1. The monoisotopic (exact) mass is 423 g/mol. The van der Waals surface area contributed by atoms with E-state index in [0.717, 1.165) is 15.6 Å². The normalized spacial score (nSPS) is 25.8. The number of hydrogen-bond acceptors (Lipinski definition) is 4. The van der Waals surface area contributed by atoms with Crippen molar-refractivity contribution < 1.29 is 13.2 Å². The van der Waals surface area contributed by atoms with Gasteiger partial charge in [-0.1, -0.05) is 45.8 Å². The molecule has 0 spiro atoms. The topological polar surface area (TPSA) is 69.4 Å². The quantitative estimate of drug-likeness (QED) is 0.773. The van der Waals surface area contributed by atoms with E-state index in [2.05, 4.69) is 15.9 Å². The maximum absolute atomic E-state index is 13.3. The van der Waals surface area contributed by atoms with Crippen LogP contribution in [-0.2, 0) is 14.6 Å². The second-order valence-electron chi connectivity index (χ2n) is 6.68. The van der Waals surface area contributed by atoms with Crippen LogP contribution >= 0.6 is 15.9 Å². The molecule has 0 heterocycles. The number of hydrogen-bond donors (Lipinski definition) is 1. The third-order valence-corrected chi connectivity index (χ3v) is 7.95. The van der Waals surface area contributed by atoms with Gasteiger partial charge in [0.05, 0.1) is 16.8 Å². The van der Waals surface area contributed by atoms with Crippen LogP contribution in [0.15, 0.2) is 57.9 Å². The van der Waals surface area contributed by atoms with Gasteiger partial charge in [-0.15, -0.1) is 0 Å². The molecule has 3 atom stereocenters. The molecule has 0 aliphatic heterocycles. The zero-order chi connectivity index (χ0) is 18.2. The molecule has 0 unspecified atom stereocenters. The van der Waals surface area contributed by atoms with Gasteiger partial charge in [0.25, 0.3) is 0 Å². The lowest BCUT2D eigenvalue weighted by atomic mass is 10.0. The highest BCUT2D eigenvalue weighted by molar-refractivity contribution is 9.10. The van der Waals surface area contributed by atoms with Gasteiger partial charge in [-0.25, -0.2) is 8.42 Å². The lowest BCUT2D eigenvalue weighted by molar-refractivity contribution is 0.142. The first-order valence-corrected chi connectivity index (χ1v) is 10.5. The van der Waals surface area contributed by atoms with Gasteiger partial charge in [-0.05, 0) is 36.8 Å². The molecule has 6 heteroatoms. The van der Waals surface area contributed by atoms with Crippen LogP contribution in [0.2, 0.25) is 0 Å². The number of aryl methyl sites for hydroxylation is 1. The molecule has 4 nitrogen and oxygen atoms in total. The summed E-state index contributed by atoms with van der Waals surface area (Å²) in [6.07, 6.45) is 0. The number of ether oxygens (including phenoxy) is 1. The largest absolute Gasteiger partial charge is 0.384 e. The van der Waals surface area contributed by atoms with E-state index in [4.69, 9.17) is 10.5 Å². The number of benzene rings is 2. The van der Waals surface area contributed by atoms with Gasteiger partial charge in [0.1, 0.15) is 0 Å². The average molecular weight is 424 g/mol. The van der Waals surface area contributed by atoms with Gasteiger partial charge in [-0.3, -0.25) is 0 Å². The van der Waals surface area contributed by atoms with E-state index in [1.165, 1.54) is 0 Å². The highest BCUT2D eigenvalue weighted by Crippen LogP contribution is 2.63. The zero-order valence-electron chi connectivity index (χ0n) is 14.3. The van der Waals surface area contributed by atoms with E-state index in [1.807, 2.05) is 43.3 Å². The van der Waals surface area contributed by atoms with Crippen LogP contribution in [0.4, 0.5) is 0 Å². The second kappa shape index (κ2) is 6.83. The number of methoxy groups -OCH3 is 1. The second-order valence-corrected chi connectivity index (χ2v) is 9.66. The SMILES string of the molecule is COC[C@@]1(CN)[C@H](c2ccc(Br)cc2)[C@@H]1S(=O)(=O)c1ccc(C)cc1. The summed E-state index contributed by atoms with van der Waals surface area (Å²) in [6.45, 7) is 2.52. The molecule has 0 saturated heterocycles. The van der Waals surface area contributed by atoms with Gasteiger partial charge in [0.15, 0.2) is 9.84 Å². The van der Waals surface area contributed by atoms with Crippen molar-refractivity contribution in [2.45, 2.75) is 23.0 Å². The summed E-state index contributed by atoms with van der Waals surface area (Å²) >= 11 is 3.42. The Kier molecular flexibility index (Phi) is 5.08. The maximum atomic E-state index is 13.3. The molecule has 0 amide bonds. The molecule has 3 rings (SSSR count). The molecule has 2 N–H and O–H groups in total. The van der Waals surface area contributed by atoms with Gasteiger partial charge in [0.2, 0.25) is 0 Å². The summed E-state index contributed by atoms with van der Waals surface area (Å²) in [5, 5.41) is -0.575. The summed E-state index contributed by atoms with van der Waals surface area (Å²) in [6, 6.07) is 14.8. The summed E-state index contributed by atoms with van der Waals surface area (Å²) in [5.74, 6) is -0.170. The van der Waals surface area contributed by atoms with Crippen LogP contribution in [0.1, 0.15) is 17.0 Å². The highest BCUT2D eigenvalue weighted by atomic mass is 79.9. The number of halogens is 1. The number of nitrogens with two attached hydrogens (primary N) is 1. The zero-order valence-corrected chi connectivity index (χ0v) is 16.7. The number of sulfone groups is 1. The minimum atomic E-state index is -3.50. The highest BCUT2D eigenvalue weighted by Gasteiger charge is 2.70. The first-order valence-electron chi connectivity index (χ1n) is 8.12. The smallest absolute Gasteiger partial charge is 0.182 e. The van der Waals surface area contributed by atoms with Gasteiger partial charge < -0.3 is 10.5 Å². The predicted molar refractivity (Wildman–Crippen MR) is 102 cm³/mol. The van der Waals surface area contributed by atoms with Crippen molar-refractivity contribution >= 4 is 25.8 Å². The average Bonchev–Trinajstić information content (AvgIpc) is 3.26. The minimum Gasteiger partial charge on any atom is -0.384 e. The van der Waals surface area contributed by atoms with Crippen LogP contribution in [0.5, 0.6) is 0 Å². The van der Waals surface area contributed by atoms with Crippen LogP contribution in [0.3, 0.4) is 0 Å². The van der Waals surface area contributed by atoms with E-state index < -0.39 is 20.5 Å². The van der Waals surface area contributed by atoms with Crippen LogP contribution in [0, 0.1) is 12.3 Å². The van der Waals surface area contributed by atoms with E-state index in [0.29, 0.717) is 11.5 Å². The Balaban J connectivity index is 2.05. The third-order valence-electron chi connectivity index (χ3n) is 5.09. The van der Waals surface area contributed by atoms with E-state index >= 15 is 0 Å². The molecule has 1 saturated carbocycles. The van der Waals surface area contributed by atoms with Gasteiger partial charge in [0, 0.05) is 29.5 Å². The molecule has 1 fully saturated rings. The summed E-state index contributed by atoms with van der Waals surface area (Å²) in [4.78, 5) is 0.344. The molecule has 2 aromatic rings. The fraction of sp³-hybridized carbons (Fsp3) is 0.368. The molecule has 2 aromatic carbocycles. The van der Waals surface area contributed by atoms with E-state index in [1.54, 1.807) is 19.2 Å². The molecule has 25 heavy (non-hydrogen) atoms.